The number of unbranched alkanes of at least 4 members (excludes halogenated alkanes) is 3. The lowest BCUT2D eigenvalue weighted by atomic mass is 9.77. The van der Waals surface area contributed by atoms with Gasteiger partial charge in [0.2, 0.25) is 5.82 Å². The van der Waals surface area contributed by atoms with Gasteiger partial charge in [-0.25, -0.2) is 4.39 Å². The van der Waals surface area contributed by atoms with Gasteiger partial charge >= 0.3 is 0 Å². The zero-order valence-corrected chi connectivity index (χ0v) is 21.9. The molecule has 2 aromatic rings. The van der Waals surface area contributed by atoms with Crippen molar-refractivity contribution in [3.8, 4) is 5.75 Å². The maximum absolute atomic E-state index is 14.6. The van der Waals surface area contributed by atoms with Crippen molar-refractivity contribution in [1.82, 2.24) is 0 Å². The van der Waals surface area contributed by atoms with Gasteiger partial charge in [0.25, 0.3) is 0 Å². The minimum Gasteiger partial charge on any atom is -0.490 e. The lowest BCUT2D eigenvalue weighted by Gasteiger charge is -2.31. The molecule has 2 aliphatic rings. The molecule has 3 nitrogen and oxygen atoms in total. The van der Waals surface area contributed by atoms with Crippen molar-refractivity contribution in [2.45, 2.75) is 96.2 Å². The summed E-state index contributed by atoms with van der Waals surface area (Å²) in [6, 6.07) is 11.8. The number of rotatable bonds is 11. The van der Waals surface area contributed by atoms with Crippen LogP contribution >= 0.6 is 0 Å². The molecule has 1 saturated heterocycles. The van der Waals surface area contributed by atoms with Crippen molar-refractivity contribution < 1.29 is 23.0 Å². The van der Waals surface area contributed by atoms with E-state index in [1.54, 1.807) is 0 Å². The summed E-state index contributed by atoms with van der Waals surface area (Å²) in [5.74, 6) is -0.374. The number of hydrogen-bond acceptors (Lipinski definition) is 3. The summed E-state index contributed by atoms with van der Waals surface area (Å²) >= 11 is 0. The molecular formula is C31H42F2O3. The van der Waals surface area contributed by atoms with Crippen LogP contribution in [-0.4, -0.2) is 19.8 Å². The Balaban J connectivity index is 1.26. The van der Waals surface area contributed by atoms with Crippen molar-refractivity contribution in [3.05, 3.63) is 64.7 Å². The predicted molar refractivity (Wildman–Crippen MR) is 139 cm³/mol. The average Bonchev–Trinajstić information content (AvgIpc) is 2.93. The van der Waals surface area contributed by atoms with E-state index < -0.39 is 17.9 Å². The lowest BCUT2D eigenvalue weighted by Crippen LogP contribution is -2.26. The van der Waals surface area contributed by atoms with E-state index >= 15 is 0 Å². The van der Waals surface area contributed by atoms with Crippen molar-refractivity contribution in [3.63, 3.8) is 0 Å². The zero-order valence-electron chi connectivity index (χ0n) is 21.9. The molecule has 0 aromatic heterocycles. The van der Waals surface area contributed by atoms with Crippen LogP contribution in [0.15, 0.2) is 36.4 Å². The van der Waals surface area contributed by atoms with Crippen LogP contribution in [0.25, 0.3) is 0 Å². The SMILES string of the molecule is CCCCCCC1CCC(c2ccc(C3COC(c4ccc(OCCC)c(F)c4F)OC3)cc2)CC1. The monoisotopic (exact) mass is 500 g/mol. The molecule has 2 fully saturated rings. The molecule has 0 bridgehead atoms. The summed E-state index contributed by atoms with van der Waals surface area (Å²) in [4.78, 5) is 0. The van der Waals surface area contributed by atoms with E-state index in [1.807, 2.05) is 6.92 Å². The van der Waals surface area contributed by atoms with Crippen LogP contribution in [0.2, 0.25) is 0 Å². The Morgan fingerprint density at radius 3 is 2.06 bits per heavy atom. The maximum atomic E-state index is 14.6. The van der Waals surface area contributed by atoms with E-state index in [0.29, 0.717) is 25.7 Å². The smallest absolute Gasteiger partial charge is 0.201 e. The van der Waals surface area contributed by atoms with Crippen LogP contribution in [0.3, 0.4) is 0 Å². The largest absolute Gasteiger partial charge is 0.490 e. The van der Waals surface area contributed by atoms with Crippen LogP contribution in [0.1, 0.15) is 113 Å². The first-order chi connectivity index (χ1) is 17.6. The Morgan fingerprint density at radius 1 is 0.750 bits per heavy atom. The molecule has 2 aromatic carbocycles. The minimum absolute atomic E-state index is 0.0751. The Hall–Kier alpha value is -1.98. The van der Waals surface area contributed by atoms with Gasteiger partial charge in [-0.15, -0.1) is 0 Å². The van der Waals surface area contributed by atoms with E-state index in [9.17, 15) is 8.78 Å². The predicted octanol–water partition coefficient (Wildman–Crippen LogP) is 8.83. The lowest BCUT2D eigenvalue weighted by molar-refractivity contribution is -0.193. The van der Waals surface area contributed by atoms with Crippen molar-refractivity contribution in [1.29, 1.82) is 0 Å². The molecule has 4 rings (SSSR count). The average molecular weight is 501 g/mol. The highest BCUT2D eigenvalue weighted by molar-refractivity contribution is 5.32. The van der Waals surface area contributed by atoms with Gasteiger partial charge < -0.3 is 14.2 Å². The standard InChI is InChI=1S/C31H42F2O3/c1-3-5-6-7-8-22-9-11-23(12-10-22)24-13-15-25(16-14-24)26-20-35-31(36-21-26)27-17-18-28(34-19-4-2)30(33)29(27)32/h13-18,22-23,26,31H,3-12,19-21H2,1-2H3. The number of halogens is 2. The van der Waals surface area contributed by atoms with Crippen LogP contribution in [-0.2, 0) is 9.47 Å². The molecule has 0 amide bonds. The summed E-state index contributed by atoms with van der Waals surface area (Å²) in [6.45, 7) is 5.34. The quantitative estimate of drug-likeness (QED) is 0.289. The normalized spacial score (nSPS) is 24.6. The van der Waals surface area contributed by atoms with Gasteiger partial charge in [-0.3, -0.25) is 0 Å². The zero-order chi connectivity index (χ0) is 25.3. The van der Waals surface area contributed by atoms with Crippen molar-refractivity contribution >= 4 is 0 Å². The highest BCUT2D eigenvalue weighted by atomic mass is 19.2. The van der Waals surface area contributed by atoms with Gasteiger partial charge in [0, 0.05) is 11.5 Å². The number of benzene rings is 2. The molecule has 0 spiro atoms. The first-order valence-corrected chi connectivity index (χ1v) is 14.0. The minimum atomic E-state index is -0.989. The maximum Gasteiger partial charge on any atom is 0.201 e. The molecule has 1 heterocycles. The molecule has 1 saturated carbocycles. The van der Waals surface area contributed by atoms with E-state index in [2.05, 4.69) is 31.2 Å². The van der Waals surface area contributed by atoms with Crippen LogP contribution in [0, 0.1) is 17.6 Å². The van der Waals surface area contributed by atoms with E-state index in [0.717, 1.165) is 17.9 Å². The fourth-order valence-electron chi connectivity index (χ4n) is 5.61. The van der Waals surface area contributed by atoms with E-state index in [4.69, 9.17) is 14.2 Å². The molecule has 0 radical (unpaired) electrons. The third kappa shape index (κ3) is 6.86. The molecule has 1 aliphatic heterocycles. The molecular weight excluding hydrogens is 458 g/mol. The summed E-state index contributed by atoms with van der Waals surface area (Å²) < 4.78 is 45.9. The van der Waals surface area contributed by atoms with Crippen LogP contribution < -0.4 is 4.74 Å². The third-order valence-corrected chi connectivity index (χ3v) is 7.88. The molecule has 36 heavy (non-hydrogen) atoms. The van der Waals surface area contributed by atoms with E-state index in [1.165, 1.54) is 75.5 Å². The first-order valence-electron chi connectivity index (χ1n) is 14.0. The van der Waals surface area contributed by atoms with Gasteiger partial charge in [0.05, 0.1) is 19.8 Å². The second kappa shape index (κ2) is 13.5. The summed E-state index contributed by atoms with van der Waals surface area (Å²) in [7, 11) is 0. The first kappa shape index (κ1) is 27.1. The van der Waals surface area contributed by atoms with Gasteiger partial charge in [-0.1, -0.05) is 70.2 Å². The Bertz CT molecular complexity index is 930. The van der Waals surface area contributed by atoms with E-state index in [-0.39, 0.29) is 17.2 Å². The fourth-order valence-corrected chi connectivity index (χ4v) is 5.61. The van der Waals surface area contributed by atoms with Gasteiger partial charge in [-0.05, 0) is 67.2 Å². The Morgan fingerprint density at radius 2 is 1.42 bits per heavy atom. The Labute approximate surface area is 215 Å². The fraction of sp³-hybridized carbons (Fsp3) is 0.613. The number of ether oxygens (including phenoxy) is 3. The summed E-state index contributed by atoms with van der Waals surface area (Å²) in [5, 5.41) is 0. The molecule has 0 unspecified atom stereocenters. The van der Waals surface area contributed by atoms with Crippen molar-refractivity contribution in [2.24, 2.45) is 5.92 Å². The van der Waals surface area contributed by atoms with Gasteiger partial charge in [0.15, 0.2) is 17.9 Å². The Kier molecular flexibility index (Phi) is 10.2. The highest BCUT2D eigenvalue weighted by Gasteiger charge is 2.29. The third-order valence-electron chi connectivity index (χ3n) is 7.88. The van der Waals surface area contributed by atoms with Crippen LogP contribution in [0.4, 0.5) is 8.78 Å². The van der Waals surface area contributed by atoms with Crippen molar-refractivity contribution in [2.75, 3.05) is 19.8 Å². The number of hydrogen-bond donors (Lipinski definition) is 0. The summed E-state index contributed by atoms with van der Waals surface area (Å²) in [5.41, 5.74) is 2.67. The molecule has 5 heteroatoms. The van der Waals surface area contributed by atoms with Crippen LogP contribution in [0.5, 0.6) is 5.75 Å². The highest BCUT2D eigenvalue weighted by Crippen LogP contribution is 2.39. The second-order valence-corrected chi connectivity index (χ2v) is 10.6. The van der Waals surface area contributed by atoms with Gasteiger partial charge in [0.1, 0.15) is 0 Å². The second-order valence-electron chi connectivity index (χ2n) is 10.6. The summed E-state index contributed by atoms with van der Waals surface area (Å²) in [6.07, 6.45) is 12.0. The van der Waals surface area contributed by atoms with Gasteiger partial charge in [-0.2, -0.15) is 4.39 Å². The topological polar surface area (TPSA) is 27.7 Å². The molecule has 1 aliphatic carbocycles. The molecule has 0 N–H and O–H groups in total. The molecule has 0 atom stereocenters. The molecule has 198 valence electrons.